The van der Waals surface area contributed by atoms with Crippen LogP contribution in [0.2, 0.25) is 0 Å². The third-order valence-electron chi connectivity index (χ3n) is 16.1. The Hall–Kier alpha value is -1.70. The van der Waals surface area contributed by atoms with Crippen LogP contribution in [0, 0.1) is 47.3 Å². The standard InChI is InChI=1S/C29H49N.C25H41N/c1-3-5-6-7-8-28-20-22-29(30-23-28)21-19-27-17-15-26(16-18-27)14-13-25-11-9-24(4-2)10-12-25;1-3-20-5-7-22(8-6-20)9-10-23-11-13-24(14-12-23)16-18-25-17-15-21(4-2)19-26-25/h20,22-27H,3-19,21H2,1-2H3;15,17,19-20,22-24H,3-14,16,18H2,1-2H3. The lowest BCUT2D eigenvalue weighted by atomic mass is 9.74. The van der Waals surface area contributed by atoms with Gasteiger partial charge in [-0.2, -0.15) is 0 Å². The van der Waals surface area contributed by atoms with E-state index in [1.165, 1.54) is 222 Å². The number of nitrogens with zero attached hydrogens (tertiary/aromatic N) is 2. The van der Waals surface area contributed by atoms with Crippen molar-refractivity contribution in [1.82, 2.24) is 9.97 Å². The van der Waals surface area contributed by atoms with Crippen LogP contribution in [-0.2, 0) is 25.7 Å². The van der Waals surface area contributed by atoms with E-state index in [9.17, 15) is 0 Å². The van der Waals surface area contributed by atoms with E-state index in [0.29, 0.717) is 0 Å². The molecule has 0 aliphatic heterocycles. The second-order valence-corrected chi connectivity index (χ2v) is 20.1. The summed E-state index contributed by atoms with van der Waals surface area (Å²) in [6.07, 6.45) is 49.9. The summed E-state index contributed by atoms with van der Waals surface area (Å²) >= 11 is 0. The maximum absolute atomic E-state index is 4.77. The maximum atomic E-state index is 4.77. The summed E-state index contributed by atoms with van der Waals surface area (Å²) in [4.78, 5) is 9.41. The summed E-state index contributed by atoms with van der Waals surface area (Å²) in [7, 11) is 0. The minimum absolute atomic E-state index is 0.955. The molecule has 316 valence electrons. The van der Waals surface area contributed by atoms with Gasteiger partial charge in [0.2, 0.25) is 0 Å². The molecule has 2 aromatic rings. The van der Waals surface area contributed by atoms with Crippen molar-refractivity contribution in [2.45, 2.75) is 233 Å². The van der Waals surface area contributed by atoms with Gasteiger partial charge in [0, 0.05) is 23.8 Å². The van der Waals surface area contributed by atoms with Gasteiger partial charge in [-0.15, -0.1) is 0 Å². The number of rotatable bonds is 20. The molecule has 0 atom stereocenters. The van der Waals surface area contributed by atoms with Crippen LogP contribution in [0.1, 0.15) is 230 Å². The van der Waals surface area contributed by atoms with Gasteiger partial charge in [0.1, 0.15) is 0 Å². The summed E-state index contributed by atoms with van der Waals surface area (Å²) < 4.78 is 0. The molecule has 4 fully saturated rings. The molecule has 0 bridgehead atoms. The van der Waals surface area contributed by atoms with E-state index in [1.54, 1.807) is 0 Å². The predicted octanol–water partition coefficient (Wildman–Crippen LogP) is 16.3. The first-order valence-corrected chi connectivity index (χ1v) is 25.4. The Bertz CT molecular complexity index is 1230. The van der Waals surface area contributed by atoms with Gasteiger partial charge >= 0.3 is 0 Å². The molecule has 0 unspecified atom stereocenters. The van der Waals surface area contributed by atoms with E-state index in [1.807, 2.05) is 0 Å². The van der Waals surface area contributed by atoms with Crippen molar-refractivity contribution in [3.8, 4) is 0 Å². The van der Waals surface area contributed by atoms with Crippen LogP contribution in [0.5, 0.6) is 0 Å². The molecular formula is C54H90N2. The summed E-state index contributed by atoms with van der Waals surface area (Å²) in [5, 5.41) is 0. The molecule has 0 radical (unpaired) electrons. The van der Waals surface area contributed by atoms with Crippen molar-refractivity contribution in [3.63, 3.8) is 0 Å². The monoisotopic (exact) mass is 767 g/mol. The molecule has 0 spiro atoms. The molecule has 56 heavy (non-hydrogen) atoms. The Balaban J connectivity index is 0.000000216. The highest BCUT2D eigenvalue weighted by Gasteiger charge is 2.26. The van der Waals surface area contributed by atoms with Crippen LogP contribution in [0.3, 0.4) is 0 Å². The topological polar surface area (TPSA) is 25.8 Å². The lowest BCUT2D eigenvalue weighted by molar-refractivity contribution is 0.211. The van der Waals surface area contributed by atoms with Gasteiger partial charge in [-0.25, -0.2) is 0 Å². The highest BCUT2D eigenvalue weighted by Crippen LogP contribution is 2.40. The first-order valence-electron chi connectivity index (χ1n) is 25.4. The molecule has 0 amide bonds. The van der Waals surface area contributed by atoms with Gasteiger partial charge in [0.15, 0.2) is 0 Å². The Morgan fingerprint density at radius 3 is 1.05 bits per heavy atom. The van der Waals surface area contributed by atoms with E-state index in [2.05, 4.69) is 69.3 Å². The predicted molar refractivity (Wildman–Crippen MR) is 243 cm³/mol. The van der Waals surface area contributed by atoms with E-state index in [0.717, 1.165) is 53.8 Å². The first-order chi connectivity index (χ1) is 27.5. The number of hydrogen-bond donors (Lipinski definition) is 0. The van der Waals surface area contributed by atoms with Crippen molar-refractivity contribution < 1.29 is 0 Å². The van der Waals surface area contributed by atoms with Crippen molar-refractivity contribution in [1.29, 1.82) is 0 Å². The molecule has 2 heteroatoms. The van der Waals surface area contributed by atoms with Crippen molar-refractivity contribution in [3.05, 3.63) is 59.2 Å². The summed E-state index contributed by atoms with van der Waals surface area (Å²) in [6.45, 7) is 9.23. The Morgan fingerprint density at radius 1 is 0.375 bits per heavy atom. The highest BCUT2D eigenvalue weighted by atomic mass is 14.7. The SMILES string of the molecule is CCCCCCc1ccc(CCC2CCC(CCC3CCC(CC)CC3)CC2)nc1.CCc1ccc(CCC2CCC(CCC3CCC(CC)CC3)CC2)nc1. The zero-order chi connectivity index (χ0) is 39.2. The summed E-state index contributed by atoms with van der Waals surface area (Å²) in [5.41, 5.74) is 5.40. The van der Waals surface area contributed by atoms with E-state index in [4.69, 9.17) is 4.98 Å². The molecule has 6 rings (SSSR count). The fourth-order valence-electron chi connectivity index (χ4n) is 11.4. The number of aromatic nitrogens is 2. The Kier molecular flexibility index (Phi) is 21.4. The number of hydrogen-bond acceptors (Lipinski definition) is 2. The molecule has 4 aliphatic carbocycles. The lowest BCUT2D eigenvalue weighted by Gasteiger charge is -2.31. The van der Waals surface area contributed by atoms with Gasteiger partial charge in [0.25, 0.3) is 0 Å². The fraction of sp³-hybridized carbons (Fsp3) is 0.815. The number of aryl methyl sites for hydroxylation is 4. The molecule has 4 aliphatic rings. The average molecular weight is 767 g/mol. The summed E-state index contributed by atoms with van der Waals surface area (Å²) in [6, 6.07) is 9.14. The minimum Gasteiger partial charge on any atom is -0.261 e. The zero-order valence-corrected chi connectivity index (χ0v) is 37.6. The van der Waals surface area contributed by atoms with E-state index >= 15 is 0 Å². The molecular weight excluding hydrogens is 677 g/mol. The smallest absolute Gasteiger partial charge is 0.0403 e. The quantitative estimate of drug-likeness (QED) is 0.125. The highest BCUT2D eigenvalue weighted by molar-refractivity contribution is 5.15. The molecule has 0 aromatic carbocycles. The van der Waals surface area contributed by atoms with Crippen LogP contribution in [0.4, 0.5) is 0 Å². The second kappa shape index (κ2) is 26.4. The molecule has 0 saturated heterocycles. The van der Waals surface area contributed by atoms with Gasteiger partial charge in [-0.3, -0.25) is 9.97 Å². The Labute approximate surface area is 348 Å². The lowest BCUT2D eigenvalue weighted by Crippen LogP contribution is -2.18. The van der Waals surface area contributed by atoms with Crippen LogP contribution < -0.4 is 0 Å². The van der Waals surface area contributed by atoms with Gasteiger partial charge < -0.3 is 0 Å². The van der Waals surface area contributed by atoms with Crippen molar-refractivity contribution in [2.24, 2.45) is 47.3 Å². The van der Waals surface area contributed by atoms with Gasteiger partial charge in [0.05, 0.1) is 0 Å². The number of unbranched alkanes of at least 4 members (excludes halogenated alkanes) is 3. The fourth-order valence-corrected chi connectivity index (χ4v) is 11.4. The molecule has 2 aromatic heterocycles. The molecule has 4 saturated carbocycles. The largest absolute Gasteiger partial charge is 0.261 e. The second-order valence-electron chi connectivity index (χ2n) is 20.1. The van der Waals surface area contributed by atoms with Gasteiger partial charge in [-0.1, -0.05) is 200 Å². The van der Waals surface area contributed by atoms with Crippen LogP contribution in [0.15, 0.2) is 36.7 Å². The number of pyridine rings is 2. The van der Waals surface area contributed by atoms with Crippen LogP contribution in [-0.4, -0.2) is 9.97 Å². The molecule has 2 nitrogen and oxygen atoms in total. The Morgan fingerprint density at radius 2 is 0.732 bits per heavy atom. The third-order valence-corrected chi connectivity index (χ3v) is 16.1. The summed E-state index contributed by atoms with van der Waals surface area (Å²) in [5.74, 6) is 8.21. The van der Waals surface area contributed by atoms with E-state index < -0.39 is 0 Å². The van der Waals surface area contributed by atoms with Crippen LogP contribution in [0.25, 0.3) is 0 Å². The molecule has 2 heterocycles. The normalized spacial score (nSPS) is 28.4. The maximum Gasteiger partial charge on any atom is 0.0403 e. The van der Waals surface area contributed by atoms with Crippen LogP contribution >= 0.6 is 0 Å². The average Bonchev–Trinajstić information content (AvgIpc) is 3.27. The first kappa shape index (κ1) is 45.4. The van der Waals surface area contributed by atoms with Crippen molar-refractivity contribution in [2.75, 3.05) is 0 Å². The zero-order valence-electron chi connectivity index (χ0n) is 37.6. The minimum atomic E-state index is 0.955. The van der Waals surface area contributed by atoms with E-state index in [-0.39, 0.29) is 0 Å². The van der Waals surface area contributed by atoms with Gasteiger partial charge in [-0.05, 0) is 116 Å². The van der Waals surface area contributed by atoms with Crippen molar-refractivity contribution >= 4 is 0 Å². The third kappa shape index (κ3) is 16.9. The molecule has 0 N–H and O–H groups in total.